The van der Waals surface area contributed by atoms with Crippen molar-refractivity contribution in [2.45, 2.75) is 77.4 Å². The minimum Gasteiger partial charge on any atom is -0.384 e. The van der Waals surface area contributed by atoms with E-state index in [9.17, 15) is 4.79 Å². The average molecular weight is 540 g/mol. The Morgan fingerprint density at radius 1 is 1.13 bits per heavy atom. The number of alkyl halides is 1. The number of nitrogens with zero attached hydrogens (tertiary/aromatic N) is 6. The van der Waals surface area contributed by atoms with Crippen molar-refractivity contribution in [2.75, 3.05) is 0 Å². The summed E-state index contributed by atoms with van der Waals surface area (Å²) in [5.41, 5.74) is 0.455. The number of hydrogen-bond acceptors (Lipinski definition) is 7. The van der Waals surface area contributed by atoms with E-state index in [0.717, 1.165) is 51.4 Å². The molecule has 4 aromatic rings. The molecule has 0 radical (unpaired) electrons. The molecule has 0 aliphatic heterocycles. The van der Waals surface area contributed by atoms with Gasteiger partial charge in [-0.15, -0.1) is 5.10 Å². The van der Waals surface area contributed by atoms with Crippen LogP contribution in [0.3, 0.4) is 0 Å². The largest absolute Gasteiger partial charge is 0.434 e. The van der Waals surface area contributed by atoms with E-state index in [1.54, 1.807) is 25.4 Å². The van der Waals surface area contributed by atoms with Crippen LogP contribution in [-0.2, 0) is 12.2 Å². The lowest BCUT2D eigenvalue weighted by atomic mass is 9.82. The van der Waals surface area contributed by atoms with E-state index in [-0.39, 0.29) is 17.6 Å². The van der Waals surface area contributed by atoms with Crippen molar-refractivity contribution in [3.05, 3.63) is 39.9 Å². The lowest BCUT2D eigenvalue weighted by molar-refractivity contribution is 0.0870. The molecule has 1 N–H and O–H groups in total. The number of fused-ring (bicyclic) bond motifs is 1. The van der Waals surface area contributed by atoms with Crippen LogP contribution in [0.5, 0.6) is 0 Å². The second-order valence-electron chi connectivity index (χ2n) is 11.1. The molecule has 2 saturated carbocycles. The van der Waals surface area contributed by atoms with Gasteiger partial charge in [-0.3, -0.25) is 4.98 Å². The molecule has 11 heteroatoms. The number of hydrogen-bond donors (Lipinski definition) is 1. The van der Waals surface area contributed by atoms with Gasteiger partial charge in [-0.2, -0.15) is 0 Å². The quantitative estimate of drug-likeness (QED) is 0.315. The van der Waals surface area contributed by atoms with E-state index in [4.69, 9.17) is 26.0 Å². The Bertz CT molecular complexity index is 1510. The highest BCUT2D eigenvalue weighted by molar-refractivity contribution is 6.30. The fourth-order valence-corrected chi connectivity index (χ4v) is 6.35. The highest BCUT2D eigenvalue weighted by Gasteiger charge is 2.43. The molecule has 0 spiro atoms. The van der Waals surface area contributed by atoms with Gasteiger partial charge in [0.15, 0.2) is 11.3 Å². The fourth-order valence-electron chi connectivity index (χ4n) is 6.17. The Morgan fingerprint density at radius 3 is 2.58 bits per heavy atom. The van der Waals surface area contributed by atoms with Crippen molar-refractivity contribution < 1.29 is 8.81 Å². The van der Waals surface area contributed by atoms with Crippen LogP contribution in [0.4, 0.5) is 4.39 Å². The molecular formula is C27H31ClFN7O2. The van der Waals surface area contributed by atoms with Gasteiger partial charge < -0.3 is 8.98 Å². The Kier molecular flexibility index (Phi) is 6.53. The molecule has 0 aromatic carbocycles. The molecule has 4 heterocycles. The number of aromatic amines is 1. The van der Waals surface area contributed by atoms with Gasteiger partial charge in [0.1, 0.15) is 17.0 Å². The summed E-state index contributed by atoms with van der Waals surface area (Å²) in [6.07, 6.45) is 11.4. The van der Waals surface area contributed by atoms with Crippen LogP contribution in [0.1, 0.15) is 71.0 Å². The number of rotatable bonds is 6. The second-order valence-corrected chi connectivity index (χ2v) is 11.5. The van der Waals surface area contributed by atoms with E-state index in [1.165, 1.54) is 0 Å². The minimum absolute atomic E-state index is 0.0655. The molecule has 200 valence electrons. The molecule has 2 aliphatic carbocycles. The van der Waals surface area contributed by atoms with Crippen molar-refractivity contribution in [3.8, 4) is 23.0 Å². The Morgan fingerprint density at radius 2 is 1.89 bits per heavy atom. The first-order valence-electron chi connectivity index (χ1n) is 13.4. The van der Waals surface area contributed by atoms with Crippen molar-refractivity contribution in [1.29, 1.82) is 0 Å². The normalized spacial score (nSPS) is 22.2. The fraction of sp³-hybridized carbons (Fsp3) is 0.556. The van der Waals surface area contributed by atoms with Crippen LogP contribution < -0.4 is 5.76 Å². The topological polar surface area (TPSA) is 115 Å². The molecule has 6 rings (SSSR count). The van der Waals surface area contributed by atoms with E-state index >= 15 is 4.39 Å². The van der Waals surface area contributed by atoms with Gasteiger partial charge in [-0.1, -0.05) is 44.2 Å². The zero-order valence-corrected chi connectivity index (χ0v) is 22.3. The molecule has 2 aliphatic rings. The predicted octanol–water partition coefficient (Wildman–Crippen LogP) is 6.09. The van der Waals surface area contributed by atoms with Crippen LogP contribution in [0.2, 0.25) is 5.02 Å². The lowest BCUT2D eigenvalue weighted by Crippen LogP contribution is -2.30. The summed E-state index contributed by atoms with van der Waals surface area (Å²) >= 11 is 6.31. The molecular weight excluding hydrogens is 509 g/mol. The van der Waals surface area contributed by atoms with Gasteiger partial charge in [0.2, 0.25) is 5.82 Å². The lowest BCUT2D eigenvalue weighted by Gasteiger charge is -2.31. The molecule has 38 heavy (non-hydrogen) atoms. The third kappa shape index (κ3) is 4.63. The maximum absolute atomic E-state index is 16.8. The number of nitrogens with one attached hydrogen (secondary N) is 1. The van der Waals surface area contributed by atoms with Gasteiger partial charge in [0.05, 0.1) is 5.02 Å². The SMILES string of the molecule is CC1CCC(Cn2c(C(C)(F)C3CCCC3)nc3nc(-c4n[nH]c(=O)o4)nc(-c4cncc(Cl)c4)c32)CC1. The number of aromatic nitrogens is 7. The highest BCUT2D eigenvalue weighted by Crippen LogP contribution is 2.45. The van der Waals surface area contributed by atoms with Gasteiger partial charge >= 0.3 is 5.76 Å². The van der Waals surface area contributed by atoms with E-state index in [0.29, 0.717) is 51.6 Å². The summed E-state index contributed by atoms with van der Waals surface area (Å²) in [6, 6.07) is 1.76. The Balaban J connectivity index is 1.59. The van der Waals surface area contributed by atoms with Gasteiger partial charge in [0, 0.05) is 30.4 Å². The summed E-state index contributed by atoms with van der Waals surface area (Å²) in [4.78, 5) is 30.1. The third-order valence-electron chi connectivity index (χ3n) is 8.35. The maximum Gasteiger partial charge on any atom is 0.434 e. The first-order valence-corrected chi connectivity index (χ1v) is 13.8. The van der Waals surface area contributed by atoms with Crippen LogP contribution in [-0.4, -0.2) is 34.7 Å². The highest BCUT2D eigenvalue weighted by atomic mass is 35.5. The van der Waals surface area contributed by atoms with Crippen molar-refractivity contribution >= 4 is 22.8 Å². The zero-order chi connectivity index (χ0) is 26.4. The number of imidazole rings is 1. The van der Waals surface area contributed by atoms with E-state index in [2.05, 4.69) is 27.1 Å². The van der Waals surface area contributed by atoms with E-state index < -0.39 is 11.4 Å². The summed E-state index contributed by atoms with van der Waals surface area (Å²) in [5, 5.41) is 6.60. The minimum atomic E-state index is -1.64. The summed E-state index contributed by atoms with van der Waals surface area (Å²) in [7, 11) is 0. The summed E-state index contributed by atoms with van der Waals surface area (Å²) in [6.45, 7) is 4.58. The monoisotopic (exact) mass is 539 g/mol. The molecule has 4 aromatic heterocycles. The summed E-state index contributed by atoms with van der Waals surface area (Å²) in [5.74, 6) is 0.666. The third-order valence-corrected chi connectivity index (χ3v) is 8.55. The average Bonchev–Trinajstić information content (AvgIpc) is 3.66. The van der Waals surface area contributed by atoms with Crippen LogP contribution in [0, 0.1) is 17.8 Å². The van der Waals surface area contributed by atoms with Crippen molar-refractivity contribution in [2.24, 2.45) is 17.8 Å². The first kappa shape index (κ1) is 25.2. The number of halogens is 2. The van der Waals surface area contributed by atoms with Crippen LogP contribution >= 0.6 is 11.6 Å². The standard InChI is InChI=1S/C27H31ClFN7O2/c1-15-7-9-16(10-8-15)14-36-21-20(17-11-19(28)13-30-12-17)31-23(24-34-35-26(37)38-24)32-22(21)33-25(36)27(2,29)18-5-3-4-6-18/h11-13,15-16,18H,3-10,14H2,1-2H3,(H,35,37). The van der Waals surface area contributed by atoms with Crippen molar-refractivity contribution in [1.82, 2.24) is 34.7 Å². The molecule has 0 bridgehead atoms. The molecule has 0 amide bonds. The first-order chi connectivity index (χ1) is 18.3. The molecule has 1 unspecified atom stereocenters. The summed E-state index contributed by atoms with van der Waals surface area (Å²) < 4.78 is 24.0. The number of pyridine rings is 1. The Labute approximate surface area is 224 Å². The molecule has 0 saturated heterocycles. The second kappa shape index (κ2) is 9.87. The molecule has 1 atom stereocenters. The zero-order valence-electron chi connectivity index (χ0n) is 21.6. The van der Waals surface area contributed by atoms with E-state index in [1.807, 2.05) is 4.57 Å². The van der Waals surface area contributed by atoms with Gasteiger partial charge in [-0.05, 0) is 50.5 Å². The van der Waals surface area contributed by atoms with Crippen molar-refractivity contribution in [3.63, 3.8) is 0 Å². The van der Waals surface area contributed by atoms with Crippen LogP contribution in [0.15, 0.2) is 27.7 Å². The van der Waals surface area contributed by atoms with Gasteiger partial charge in [-0.25, -0.2) is 29.2 Å². The smallest absolute Gasteiger partial charge is 0.384 e. The number of H-pyrrole nitrogens is 1. The molecule has 2 fully saturated rings. The Hall–Kier alpha value is -3.14. The van der Waals surface area contributed by atoms with Crippen LogP contribution in [0.25, 0.3) is 34.1 Å². The maximum atomic E-state index is 16.8. The predicted molar refractivity (Wildman–Crippen MR) is 141 cm³/mol. The molecule has 9 nitrogen and oxygen atoms in total. The van der Waals surface area contributed by atoms with Gasteiger partial charge in [0.25, 0.3) is 5.89 Å².